The van der Waals surface area contributed by atoms with Crippen LogP contribution in [-0.4, -0.2) is 25.1 Å². The minimum atomic E-state index is -3.40. The van der Waals surface area contributed by atoms with E-state index in [0.29, 0.717) is 34.6 Å². The number of benzene rings is 1. The second-order valence-corrected chi connectivity index (χ2v) is 7.44. The molecule has 25 heavy (non-hydrogen) atoms. The Balaban J connectivity index is 2.22. The topological polar surface area (TPSA) is 114 Å². The lowest BCUT2D eigenvalue weighted by Crippen LogP contribution is -2.18. The minimum Gasteiger partial charge on any atom is -0.325 e. The number of sulfonamides is 1. The van der Waals surface area contributed by atoms with Crippen LogP contribution in [0.25, 0.3) is 0 Å². The van der Waals surface area contributed by atoms with Crippen LogP contribution in [0.2, 0.25) is 0 Å². The van der Waals surface area contributed by atoms with Crippen molar-refractivity contribution in [3.05, 3.63) is 53.3 Å². The highest BCUT2D eigenvalue weighted by Crippen LogP contribution is 2.25. The molecule has 0 aliphatic heterocycles. The van der Waals surface area contributed by atoms with Crippen LogP contribution in [-0.2, 0) is 16.6 Å². The summed E-state index contributed by atoms with van der Waals surface area (Å²) in [6.45, 7) is 3.79. The molecule has 0 atom stereocenters. The summed E-state index contributed by atoms with van der Waals surface area (Å²) in [5, 5.41) is 2.79. The number of pyridine rings is 1. The van der Waals surface area contributed by atoms with Crippen LogP contribution in [0, 0.1) is 6.92 Å². The Morgan fingerprint density at radius 2 is 1.96 bits per heavy atom. The van der Waals surface area contributed by atoms with Gasteiger partial charge in [0, 0.05) is 24.0 Å². The summed E-state index contributed by atoms with van der Waals surface area (Å²) in [5.74, 6) is -0.268. The van der Waals surface area contributed by atoms with Crippen molar-refractivity contribution in [2.45, 2.75) is 26.8 Å². The van der Waals surface area contributed by atoms with Crippen molar-refractivity contribution in [2.24, 2.45) is 5.73 Å². The lowest BCUT2D eigenvalue weighted by molar-refractivity contribution is 0.102. The summed E-state index contributed by atoms with van der Waals surface area (Å²) in [6, 6.07) is 8.29. The van der Waals surface area contributed by atoms with Crippen molar-refractivity contribution in [2.75, 3.05) is 15.8 Å². The van der Waals surface area contributed by atoms with Gasteiger partial charge in [0.25, 0.3) is 5.91 Å². The molecule has 1 amide bonds. The largest absolute Gasteiger partial charge is 0.325 e. The second kappa shape index (κ2) is 8.09. The lowest BCUT2D eigenvalue weighted by Gasteiger charge is -2.14. The van der Waals surface area contributed by atoms with Crippen molar-refractivity contribution >= 4 is 27.3 Å². The maximum Gasteiger partial charge on any atom is 0.255 e. The molecule has 0 saturated carbocycles. The molecule has 0 bridgehead atoms. The van der Waals surface area contributed by atoms with Crippen LogP contribution in [0.1, 0.15) is 35.0 Å². The van der Waals surface area contributed by atoms with E-state index in [0.717, 1.165) is 0 Å². The van der Waals surface area contributed by atoms with Crippen LogP contribution >= 0.6 is 0 Å². The minimum absolute atomic E-state index is 0.0436. The molecule has 8 heteroatoms. The van der Waals surface area contributed by atoms with E-state index in [9.17, 15) is 13.2 Å². The fraction of sp³-hybridized carbons (Fsp3) is 0.294. The summed E-state index contributed by atoms with van der Waals surface area (Å²) >= 11 is 0. The van der Waals surface area contributed by atoms with Gasteiger partial charge in [0.1, 0.15) is 0 Å². The van der Waals surface area contributed by atoms with E-state index in [-0.39, 0.29) is 18.2 Å². The van der Waals surface area contributed by atoms with Crippen molar-refractivity contribution in [1.29, 1.82) is 0 Å². The highest BCUT2D eigenvalue weighted by molar-refractivity contribution is 7.92. The highest BCUT2D eigenvalue weighted by atomic mass is 32.2. The molecule has 7 nitrogen and oxygen atoms in total. The van der Waals surface area contributed by atoms with Crippen molar-refractivity contribution in [1.82, 2.24) is 4.98 Å². The number of carbonyl (C=O) groups excluding carboxylic acids is 1. The number of carbonyl (C=O) groups is 1. The number of rotatable bonds is 7. The van der Waals surface area contributed by atoms with Gasteiger partial charge in [-0.25, -0.2) is 8.42 Å². The molecule has 134 valence electrons. The van der Waals surface area contributed by atoms with Gasteiger partial charge in [0.2, 0.25) is 10.0 Å². The molecule has 0 aliphatic rings. The quantitative estimate of drug-likeness (QED) is 0.699. The first-order valence-corrected chi connectivity index (χ1v) is 9.58. The molecule has 0 saturated heterocycles. The van der Waals surface area contributed by atoms with Crippen LogP contribution in [0.3, 0.4) is 0 Å². The Bertz CT molecular complexity index is 866. The Morgan fingerprint density at radius 3 is 2.64 bits per heavy atom. The van der Waals surface area contributed by atoms with Crippen molar-refractivity contribution < 1.29 is 13.2 Å². The summed E-state index contributed by atoms with van der Waals surface area (Å²) in [5.41, 5.74) is 8.22. The number of nitrogens with two attached hydrogens (primary N) is 1. The number of anilines is 2. The number of hydrogen-bond donors (Lipinski definition) is 3. The van der Waals surface area contributed by atoms with Gasteiger partial charge in [-0.05, 0) is 43.2 Å². The first kappa shape index (κ1) is 18.9. The van der Waals surface area contributed by atoms with E-state index in [1.54, 1.807) is 44.2 Å². The first-order valence-electron chi connectivity index (χ1n) is 7.92. The third-order valence-electron chi connectivity index (χ3n) is 3.61. The van der Waals surface area contributed by atoms with Crippen LogP contribution in [0.5, 0.6) is 0 Å². The number of hydrogen-bond acceptors (Lipinski definition) is 5. The maximum absolute atomic E-state index is 12.4. The molecule has 2 rings (SSSR count). The van der Waals surface area contributed by atoms with Gasteiger partial charge in [0.05, 0.1) is 17.1 Å². The molecule has 0 aliphatic carbocycles. The monoisotopic (exact) mass is 362 g/mol. The zero-order valence-corrected chi connectivity index (χ0v) is 15.1. The molecule has 0 unspecified atom stereocenters. The van der Waals surface area contributed by atoms with Crippen molar-refractivity contribution in [3.63, 3.8) is 0 Å². The van der Waals surface area contributed by atoms with Crippen LogP contribution in [0.4, 0.5) is 11.4 Å². The highest BCUT2D eigenvalue weighted by Gasteiger charge is 2.14. The second-order valence-electron chi connectivity index (χ2n) is 5.59. The average Bonchev–Trinajstić information content (AvgIpc) is 2.58. The SMILES string of the molecule is CCCS(=O)(=O)Nc1cccc(NC(=O)c2ccnc(CN)c2)c1C. The summed E-state index contributed by atoms with van der Waals surface area (Å²) in [7, 11) is -3.40. The van der Waals surface area contributed by atoms with E-state index in [4.69, 9.17) is 5.73 Å². The third-order valence-corrected chi connectivity index (χ3v) is 5.08. The standard InChI is InChI=1S/C17H22N4O3S/c1-3-9-25(23,24)21-16-6-4-5-15(12(16)2)20-17(22)13-7-8-19-14(10-13)11-18/h4-8,10,21H,3,9,11,18H2,1-2H3,(H,20,22). The Hall–Kier alpha value is -2.45. The van der Waals surface area contributed by atoms with E-state index in [1.807, 2.05) is 0 Å². The molecule has 1 heterocycles. The van der Waals surface area contributed by atoms with Gasteiger partial charge >= 0.3 is 0 Å². The van der Waals surface area contributed by atoms with E-state index >= 15 is 0 Å². The predicted octanol–water partition coefficient (Wildman–Crippen LogP) is 2.25. The number of nitrogens with zero attached hydrogens (tertiary/aromatic N) is 1. The van der Waals surface area contributed by atoms with E-state index in [1.165, 1.54) is 6.20 Å². The molecular formula is C17H22N4O3S. The number of aromatic nitrogens is 1. The average molecular weight is 362 g/mol. The van der Waals surface area contributed by atoms with Gasteiger partial charge in [0.15, 0.2) is 0 Å². The maximum atomic E-state index is 12.4. The molecule has 0 spiro atoms. The van der Waals surface area contributed by atoms with Gasteiger partial charge in [-0.3, -0.25) is 14.5 Å². The lowest BCUT2D eigenvalue weighted by atomic mass is 10.1. The zero-order chi connectivity index (χ0) is 18.4. The molecule has 1 aromatic carbocycles. The van der Waals surface area contributed by atoms with Crippen LogP contribution in [0.15, 0.2) is 36.5 Å². The molecule has 0 radical (unpaired) electrons. The van der Waals surface area contributed by atoms with Gasteiger partial charge < -0.3 is 11.1 Å². The molecule has 0 fully saturated rings. The van der Waals surface area contributed by atoms with Gasteiger partial charge in [-0.2, -0.15) is 0 Å². The molecular weight excluding hydrogens is 340 g/mol. The van der Waals surface area contributed by atoms with Crippen molar-refractivity contribution in [3.8, 4) is 0 Å². The van der Waals surface area contributed by atoms with Crippen LogP contribution < -0.4 is 15.8 Å². The Labute approximate surface area is 147 Å². The van der Waals surface area contributed by atoms with Gasteiger partial charge in [-0.15, -0.1) is 0 Å². The Kier molecular flexibility index (Phi) is 6.11. The Morgan fingerprint density at radius 1 is 1.24 bits per heavy atom. The fourth-order valence-electron chi connectivity index (χ4n) is 2.29. The molecule has 4 N–H and O–H groups in total. The number of amides is 1. The summed E-state index contributed by atoms with van der Waals surface area (Å²) in [4.78, 5) is 16.5. The normalized spacial score (nSPS) is 11.2. The summed E-state index contributed by atoms with van der Waals surface area (Å²) in [6.07, 6.45) is 2.05. The number of nitrogens with one attached hydrogen (secondary N) is 2. The third kappa shape index (κ3) is 5.01. The molecule has 2 aromatic rings. The predicted molar refractivity (Wildman–Crippen MR) is 99.0 cm³/mol. The van der Waals surface area contributed by atoms with Gasteiger partial charge in [-0.1, -0.05) is 13.0 Å². The summed E-state index contributed by atoms with van der Waals surface area (Å²) < 4.78 is 26.5. The zero-order valence-electron chi connectivity index (χ0n) is 14.2. The van der Waals surface area contributed by atoms with E-state index < -0.39 is 10.0 Å². The van der Waals surface area contributed by atoms with E-state index in [2.05, 4.69) is 15.0 Å². The molecule has 1 aromatic heterocycles. The fourth-order valence-corrected chi connectivity index (χ4v) is 3.49. The smallest absolute Gasteiger partial charge is 0.255 e. The first-order chi connectivity index (χ1) is 11.9.